The Balaban J connectivity index is 1.55. The van der Waals surface area contributed by atoms with Gasteiger partial charge in [0.05, 0.1) is 25.9 Å². The average molecular weight is 789 g/mol. The number of carbonyl (C=O) groups excluding carboxylic acids is 5. The van der Waals surface area contributed by atoms with Gasteiger partial charge >= 0.3 is 0 Å². The number of quaternary nitrogens is 1. The smallest absolute Gasteiger partial charge is 0.275 e. The molecule has 2 aliphatic heterocycles. The van der Waals surface area contributed by atoms with Crippen molar-refractivity contribution < 1.29 is 37.9 Å². The molecule has 2 saturated heterocycles. The number of carbonyl (C=O) groups is 5. The number of benzene rings is 2. The second-order valence-electron chi connectivity index (χ2n) is 17.0. The summed E-state index contributed by atoms with van der Waals surface area (Å²) in [6.45, 7) is 17.3. The van der Waals surface area contributed by atoms with Gasteiger partial charge < -0.3 is 35.2 Å². The minimum absolute atomic E-state index is 0.00711. The third kappa shape index (κ3) is 14.5. The molecule has 0 bridgehead atoms. The van der Waals surface area contributed by atoms with Gasteiger partial charge in [-0.15, -0.1) is 0 Å². The van der Waals surface area contributed by atoms with Gasteiger partial charge in [-0.2, -0.15) is 0 Å². The molecule has 0 radical (unpaired) electrons. The molecule has 2 aromatic rings. The molecule has 4 amide bonds. The Morgan fingerprint density at radius 1 is 0.719 bits per heavy atom. The Kier molecular flexibility index (Phi) is 17.0. The number of Topliss-reactive ketones (excluding diaryl/α,β-unsaturated/α-hetero) is 1. The largest absolute Gasteiger partial charge is 0.370 e. The van der Waals surface area contributed by atoms with Crippen molar-refractivity contribution in [3.8, 4) is 0 Å². The van der Waals surface area contributed by atoms with Crippen LogP contribution >= 0.6 is 0 Å². The van der Waals surface area contributed by atoms with Crippen molar-refractivity contribution in [3.05, 3.63) is 83.4 Å². The van der Waals surface area contributed by atoms with Gasteiger partial charge in [-0.3, -0.25) is 24.0 Å². The highest BCUT2D eigenvalue weighted by Gasteiger charge is 2.50. The highest BCUT2D eigenvalue weighted by molar-refractivity contribution is 5.98. The summed E-state index contributed by atoms with van der Waals surface area (Å²) >= 11 is 0. The van der Waals surface area contributed by atoms with E-state index in [1.54, 1.807) is 6.92 Å². The number of epoxide rings is 1. The van der Waals surface area contributed by atoms with Crippen molar-refractivity contribution in [2.75, 3.05) is 46.0 Å². The number of nitrogens with zero attached hydrogens (tertiary/aromatic N) is 1. The monoisotopic (exact) mass is 788 g/mol. The molecule has 312 valence electrons. The highest BCUT2D eigenvalue weighted by atomic mass is 16.6. The van der Waals surface area contributed by atoms with Crippen LogP contribution in [0.15, 0.2) is 72.3 Å². The number of nitrogens with one attached hydrogen (secondary N) is 4. The number of morpholine rings is 1. The lowest BCUT2D eigenvalue weighted by atomic mass is 9.93. The number of amides is 4. The molecule has 0 aliphatic carbocycles. The van der Waals surface area contributed by atoms with Crippen LogP contribution in [-0.4, -0.2) is 110 Å². The summed E-state index contributed by atoms with van der Waals surface area (Å²) in [6.07, 6.45) is 3.80. The third-order valence-electron chi connectivity index (χ3n) is 10.9. The summed E-state index contributed by atoms with van der Waals surface area (Å²) in [5.41, 5.74) is 2.09. The number of ether oxygens (including phenoxy) is 2. The molecule has 2 aromatic carbocycles. The average Bonchev–Trinajstić information content (AvgIpc) is 3.93. The lowest BCUT2D eigenvalue weighted by Crippen LogP contribution is -2.62. The molecule has 2 aliphatic rings. The first-order valence-electron chi connectivity index (χ1n) is 20.6. The summed E-state index contributed by atoms with van der Waals surface area (Å²) < 4.78 is 11.6. The van der Waals surface area contributed by atoms with Crippen LogP contribution in [0, 0.1) is 11.8 Å². The lowest BCUT2D eigenvalue weighted by Gasteiger charge is -2.41. The lowest BCUT2D eigenvalue weighted by molar-refractivity contribution is -0.923. The quantitative estimate of drug-likeness (QED) is 0.0798. The molecule has 0 unspecified atom stereocenters. The molecule has 0 spiro atoms. The Bertz CT molecular complexity index is 1670. The fourth-order valence-electron chi connectivity index (χ4n) is 7.39. The van der Waals surface area contributed by atoms with Crippen LogP contribution in [0.5, 0.6) is 0 Å². The highest BCUT2D eigenvalue weighted by Crippen LogP contribution is 2.30. The Morgan fingerprint density at radius 2 is 1.23 bits per heavy atom. The van der Waals surface area contributed by atoms with Gasteiger partial charge in [0.1, 0.15) is 43.4 Å². The number of aryl methyl sites for hydroxylation is 1. The van der Waals surface area contributed by atoms with E-state index in [1.165, 1.54) is 5.57 Å². The molecule has 5 atom stereocenters. The van der Waals surface area contributed by atoms with Crippen molar-refractivity contribution in [2.24, 2.45) is 11.8 Å². The molecule has 4 rings (SSSR count). The van der Waals surface area contributed by atoms with E-state index < -0.39 is 47.5 Å². The minimum Gasteiger partial charge on any atom is -0.370 e. The molecule has 4 N–H and O–H groups in total. The van der Waals surface area contributed by atoms with Crippen molar-refractivity contribution in [1.29, 1.82) is 0 Å². The molecule has 0 aromatic heterocycles. The second-order valence-corrected chi connectivity index (χ2v) is 17.0. The van der Waals surface area contributed by atoms with Gasteiger partial charge in [0.25, 0.3) is 5.91 Å². The SMILES string of the molecule is C/C=C(\C)C[N+]1(CC(=O)N[C@@H](CCc2ccccc2)C(=O)N[C@@H](CC(C)C)C(=O)N[C@@H](Cc2ccccc2)C(=O)N[C@@H](CC(C)C)C(=O)[C@@]2(C)CO2)CCOCC1. The summed E-state index contributed by atoms with van der Waals surface area (Å²) in [5, 5.41) is 11.9. The predicted octanol–water partition coefficient (Wildman–Crippen LogP) is 4.06. The second kappa shape index (κ2) is 21.4. The van der Waals surface area contributed by atoms with E-state index in [1.807, 2.05) is 95.3 Å². The molecule has 57 heavy (non-hydrogen) atoms. The van der Waals surface area contributed by atoms with Crippen molar-refractivity contribution >= 4 is 29.4 Å². The van der Waals surface area contributed by atoms with E-state index in [0.29, 0.717) is 69.6 Å². The Hall–Kier alpha value is -4.39. The van der Waals surface area contributed by atoms with Gasteiger partial charge in [-0.05, 0) is 75.0 Å². The predicted molar refractivity (Wildman–Crippen MR) is 221 cm³/mol. The van der Waals surface area contributed by atoms with Crippen molar-refractivity contribution in [2.45, 2.75) is 110 Å². The Labute approximate surface area is 339 Å². The molecular weight excluding hydrogens is 723 g/mol. The van der Waals surface area contributed by atoms with Crippen LogP contribution in [0.25, 0.3) is 0 Å². The maximum Gasteiger partial charge on any atom is 0.275 e. The van der Waals surface area contributed by atoms with Gasteiger partial charge in [-0.1, -0.05) is 94.4 Å². The zero-order valence-electron chi connectivity index (χ0n) is 35.1. The van der Waals surface area contributed by atoms with Crippen LogP contribution in [-0.2, 0) is 46.3 Å². The Morgan fingerprint density at radius 3 is 1.79 bits per heavy atom. The van der Waals surface area contributed by atoms with Crippen LogP contribution in [0.3, 0.4) is 0 Å². The zero-order chi connectivity index (χ0) is 41.6. The maximum atomic E-state index is 14.3. The maximum absolute atomic E-state index is 14.3. The van der Waals surface area contributed by atoms with E-state index in [9.17, 15) is 24.0 Å². The summed E-state index contributed by atoms with van der Waals surface area (Å²) in [5.74, 6) is -1.80. The van der Waals surface area contributed by atoms with Gasteiger partial charge in [0.15, 0.2) is 12.3 Å². The number of rotatable bonds is 22. The van der Waals surface area contributed by atoms with Crippen LogP contribution < -0.4 is 21.3 Å². The first kappa shape index (κ1) is 45.3. The molecule has 12 nitrogen and oxygen atoms in total. The van der Waals surface area contributed by atoms with Crippen LogP contribution in [0.4, 0.5) is 0 Å². The van der Waals surface area contributed by atoms with E-state index in [4.69, 9.17) is 9.47 Å². The number of hydrogen-bond donors (Lipinski definition) is 4. The topological polar surface area (TPSA) is 155 Å². The molecule has 12 heteroatoms. The van der Waals surface area contributed by atoms with Gasteiger partial charge in [-0.25, -0.2) is 0 Å². The molecule has 2 fully saturated rings. The van der Waals surface area contributed by atoms with Gasteiger partial charge in [0.2, 0.25) is 17.7 Å². The number of ketones is 1. The summed E-state index contributed by atoms with van der Waals surface area (Å²) in [6, 6.07) is 15.4. The summed E-state index contributed by atoms with van der Waals surface area (Å²) in [4.78, 5) is 69.8. The van der Waals surface area contributed by atoms with E-state index >= 15 is 0 Å². The zero-order valence-corrected chi connectivity index (χ0v) is 35.1. The van der Waals surface area contributed by atoms with E-state index in [-0.39, 0.29) is 36.5 Å². The summed E-state index contributed by atoms with van der Waals surface area (Å²) in [7, 11) is 0. The fraction of sp³-hybridized carbons (Fsp3) is 0.578. The van der Waals surface area contributed by atoms with E-state index in [0.717, 1.165) is 11.1 Å². The molecular formula is C45H66N5O7+. The van der Waals surface area contributed by atoms with Crippen LogP contribution in [0.1, 0.15) is 78.9 Å². The third-order valence-corrected chi connectivity index (χ3v) is 10.9. The van der Waals surface area contributed by atoms with Crippen molar-refractivity contribution in [1.82, 2.24) is 21.3 Å². The number of allylic oxidation sites excluding steroid dienone is 1. The first-order valence-corrected chi connectivity index (χ1v) is 20.6. The van der Waals surface area contributed by atoms with Crippen molar-refractivity contribution in [3.63, 3.8) is 0 Å². The standard InChI is InChI=1S/C45H65N5O7/c1-8-33(6)28-50(21-23-56-24-22-50)29-40(51)46-36(20-19-34-15-11-9-12-16-34)42(53)48-38(26-32(4)5)43(54)49-39(27-35-17-13-10-14-18-35)44(55)47-37(25-31(2)3)41(52)45(7)30-57-45/h8-18,31-32,36-39H,19-30H2,1-7H3,(H3-,46,47,48,49,51,53,54,55)/p+1/b33-8+/t36-,37-,38-,39-,45+/m0/s1. The van der Waals surface area contributed by atoms with E-state index in [2.05, 4.69) is 34.3 Å². The fourth-order valence-corrected chi connectivity index (χ4v) is 7.39. The molecule has 2 heterocycles. The number of hydrogen-bond acceptors (Lipinski definition) is 7. The van der Waals surface area contributed by atoms with Gasteiger partial charge in [0, 0.05) is 6.42 Å². The van der Waals surface area contributed by atoms with Crippen LogP contribution in [0.2, 0.25) is 0 Å². The normalized spacial score (nSPS) is 19.8. The first-order chi connectivity index (χ1) is 27.1. The minimum atomic E-state index is -1.04. The molecule has 0 saturated carbocycles.